The number of anilines is 1. The first-order chi connectivity index (χ1) is 9.85. The minimum absolute atomic E-state index is 0.609. The van der Waals surface area contributed by atoms with Crippen molar-refractivity contribution in [3.8, 4) is 0 Å². The van der Waals surface area contributed by atoms with Crippen LogP contribution in [-0.4, -0.2) is 35.0 Å². The van der Waals surface area contributed by atoms with Gasteiger partial charge in [0.15, 0.2) is 0 Å². The molecule has 0 radical (unpaired) electrons. The van der Waals surface area contributed by atoms with Crippen molar-refractivity contribution in [1.82, 2.24) is 14.9 Å². The molecular weight excluding hydrogens is 268 g/mol. The van der Waals surface area contributed by atoms with E-state index >= 15 is 0 Å². The summed E-state index contributed by atoms with van der Waals surface area (Å²) in [5.74, 6) is 1.57. The molecular formula is C15H20N4S. The average molecular weight is 288 g/mol. The maximum atomic E-state index is 4.39. The van der Waals surface area contributed by atoms with Gasteiger partial charge in [-0.15, -0.1) is 11.3 Å². The third-order valence-corrected chi connectivity index (χ3v) is 4.52. The number of nitrogens with zero attached hydrogens (tertiary/aromatic N) is 3. The maximum Gasteiger partial charge on any atom is 0.125 e. The normalized spacial score (nSPS) is 19.9. The summed E-state index contributed by atoms with van der Waals surface area (Å²) in [6.07, 6.45) is 4.42. The summed E-state index contributed by atoms with van der Waals surface area (Å²) in [5, 5.41) is 5.27. The average Bonchev–Trinajstić information content (AvgIpc) is 3.00. The lowest BCUT2D eigenvalue weighted by Gasteiger charge is -2.32. The second-order valence-electron chi connectivity index (χ2n) is 5.28. The summed E-state index contributed by atoms with van der Waals surface area (Å²) in [7, 11) is 1.92. The van der Waals surface area contributed by atoms with Crippen molar-refractivity contribution in [3.63, 3.8) is 0 Å². The molecule has 20 heavy (non-hydrogen) atoms. The van der Waals surface area contributed by atoms with Crippen LogP contribution in [0.25, 0.3) is 0 Å². The van der Waals surface area contributed by atoms with Gasteiger partial charge >= 0.3 is 0 Å². The Morgan fingerprint density at radius 2 is 2.40 bits per heavy atom. The van der Waals surface area contributed by atoms with Gasteiger partial charge in [-0.05, 0) is 43.0 Å². The molecule has 0 amide bonds. The summed E-state index contributed by atoms with van der Waals surface area (Å²) in [4.78, 5) is 11.2. The van der Waals surface area contributed by atoms with Crippen LogP contribution in [0.1, 0.15) is 30.0 Å². The Kier molecular flexibility index (Phi) is 4.28. The minimum Gasteiger partial charge on any atom is -0.373 e. The standard InChI is InChI=1S/C15H20N4S/c1-16-15-7-12(4-5-17-15)13-3-2-6-19(8-13)9-14-10-20-11-18-14/h4-5,7,10-11,13H,2-3,6,8-9H2,1H3,(H,16,17)/t13-/m0/s1. The zero-order valence-corrected chi connectivity index (χ0v) is 12.6. The maximum absolute atomic E-state index is 4.39. The Bertz CT molecular complexity index is 541. The van der Waals surface area contributed by atoms with Crippen LogP contribution < -0.4 is 5.32 Å². The van der Waals surface area contributed by atoms with Crippen molar-refractivity contribution in [1.29, 1.82) is 0 Å². The number of thiazole rings is 1. The van der Waals surface area contributed by atoms with E-state index in [1.54, 1.807) is 11.3 Å². The zero-order valence-electron chi connectivity index (χ0n) is 11.7. The van der Waals surface area contributed by atoms with Gasteiger partial charge in [0, 0.05) is 31.7 Å². The van der Waals surface area contributed by atoms with Crippen LogP contribution >= 0.6 is 11.3 Å². The summed E-state index contributed by atoms with van der Waals surface area (Å²) >= 11 is 1.68. The first-order valence-electron chi connectivity index (χ1n) is 7.08. The van der Waals surface area contributed by atoms with Crippen LogP contribution in [0.3, 0.4) is 0 Å². The molecule has 3 rings (SSSR count). The van der Waals surface area contributed by atoms with Crippen molar-refractivity contribution in [2.75, 3.05) is 25.5 Å². The molecule has 106 valence electrons. The Balaban J connectivity index is 1.68. The predicted octanol–water partition coefficient (Wildman–Crippen LogP) is 2.96. The van der Waals surface area contributed by atoms with Gasteiger partial charge in [-0.25, -0.2) is 9.97 Å². The van der Waals surface area contributed by atoms with Gasteiger partial charge in [0.1, 0.15) is 5.82 Å². The van der Waals surface area contributed by atoms with Gasteiger partial charge in [-0.1, -0.05) is 0 Å². The number of nitrogens with one attached hydrogen (secondary N) is 1. The lowest BCUT2D eigenvalue weighted by Crippen LogP contribution is -2.34. The zero-order chi connectivity index (χ0) is 13.8. The van der Waals surface area contributed by atoms with Crippen LogP contribution in [0.2, 0.25) is 0 Å². The molecule has 0 aliphatic carbocycles. The van der Waals surface area contributed by atoms with Crippen molar-refractivity contribution in [2.24, 2.45) is 0 Å². The lowest BCUT2D eigenvalue weighted by atomic mass is 9.91. The van der Waals surface area contributed by atoms with Crippen LogP contribution in [-0.2, 0) is 6.54 Å². The fourth-order valence-corrected chi connectivity index (χ4v) is 3.40. The highest BCUT2D eigenvalue weighted by Crippen LogP contribution is 2.28. The first kappa shape index (κ1) is 13.5. The fourth-order valence-electron chi connectivity index (χ4n) is 2.85. The van der Waals surface area contributed by atoms with Crippen LogP contribution in [0, 0.1) is 0 Å². The molecule has 1 N–H and O–H groups in total. The number of aromatic nitrogens is 2. The largest absolute Gasteiger partial charge is 0.373 e. The smallest absolute Gasteiger partial charge is 0.125 e. The monoisotopic (exact) mass is 288 g/mol. The second kappa shape index (κ2) is 6.33. The van der Waals surface area contributed by atoms with Crippen molar-refractivity contribution >= 4 is 17.2 Å². The van der Waals surface area contributed by atoms with Gasteiger partial charge in [-0.2, -0.15) is 0 Å². The molecule has 1 aliphatic rings. The molecule has 3 heterocycles. The van der Waals surface area contributed by atoms with E-state index in [-0.39, 0.29) is 0 Å². The highest BCUT2D eigenvalue weighted by atomic mass is 32.1. The van der Waals surface area contributed by atoms with E-state index in [0.717, 1.165) is 18.9 Å². The molecule has 0 spiro atoms. The molecule has 1 atom stereocenters. The third kappa shape index (κ3) is 3.16. The summed E-state index contributed by atoms with van der Waals surface area (Å²) in [6.45, 7) is 3.27. The molecule has 0 bridgehead atoms. The van der Waals surface area contributed by atoms with Gasteiger partial charge in [0.2, 0.25) is 0 Å². The van der Waals surface area contributed by atoms with E-state index in [9.17, 15) is 0 Å². The van der Waals surface area contributed by atoms with Crippen LogP contribution in [0.4, 0.5) is 5.82 Å². The van der Waals surface area contributed by atoms with E-state index in [1.807, 2.05) is 18.8 Å². The van der Waals surface area contributed by atoms with Crippen LogP contribution in [0.15, 0.2) is 29.2 Å². The molecule has 0 aromatic carbocycles. The number of likely N-dealkylation sites (tertiary alicyclic amines) is 1. The number of hydrogen-bond acceptors (Lipinski definition) is 5. The Hall–Kier alpha value is -1.46. The van der Waals surface area contributed by atoms with Crippen molar-refractivity contribution in [2.45, 2.75) is 25.3 Å². The van der Waals surface area contributed by atoms with E-state index in [4.69, 9.17) is 0 Å². The first-order valence-corrected chi connectivity index (χ1v) is 8.02. The molecule has 2 aromatic rings. The predicted molar refractivity (Wildman–Crippen MR) is 83.1 cm³/mol. The molecule has 2 aromatic heterocycles. The highest BCUT2D eigenvalue weighted by Gasteiger charge is 2.22. The van der Waals surface area contributed by atoms with Gasteiger partial charge in [0.25, 0.3) is 0 Å². The Morgan fingerprint density at radius 3 is 3.20 bits per heavy atom. The lowest BCUT2D eigenvalue weighted by molar-refractivity contribution is 0.198. The SMILES string of the molecule is CNc1cc([C@H]2CCCN(Cc3cscn3)C2)ccn1. The van der Waals surface area contributed by atoms with Crippen LogP contribution in [0.5, 0.6) is 0 Å². The van der Waals surface area contributed by atoms with Gasteiger partial charge in [0.05, 0.1) is 11.2 Å². The topological polar surface area (TPSA) is 41.0 Å². The summed E-state index contributed by atoms with van der Waals surface area (Å²) < 4.78 is 0. The molecule has 4 nitrogen and oxygen atoms in total. The molecule has 1 saturated heterocycles. The van der Waals surface area contributed by atoms with E-state index < -0.39 is 0 Å². The van der Waals surface area contributed by atoms with Gasteiger partial charge < -0.3 is 5.32 Å². The molecule has 1 fully saturated rings. The van der Waals surface area contributed by atoms with E-state index in [1.165, 1.54) is 30.6 Å². The number of rotatable bonds is 4. The molecule has 5 heteroatoms. The quantitative estimate of drug-likeness (QED) is 0.939. The Labute approximate surface area is 123 Å². The van der Waals surface area contributed by atoms with Gasteiger partial charge in [-0.3, -0.25) is 4.90 Å². The number of pyridine rings is 1. The third-order valence-electron chi connectivity index (χ3n) is 3.89. The minimum atomic E-state index is 0.609. The number of hydrogen-bond donors (Lipinski definition) is 1. The molecule has 0 unspecified atom stereocenters. The van der Waals surface area contributed by atoms with Crippen molar-refractivity contribution < 1.29 is 0 Å². The fraction of sp³-hybridized carbons (Fsp3) is 0.467. The highest BCUT2D eigenvalue weighted by molar-refractivity contribution is 7.07. The van der Waals surface area contributed by atoms with E-state index in [0.29, 0.717) is 5.92 Å². The summed E-state index contributed by atoms with van der Waals surface area (Å²) in [6, 6.07) is 4.33. The Morgan fingerprint density at radius 1 is 1.45 bits per heavy atom. The molecule has 0 saturated carbocycles. The van der Waals surface area contributed by atoms with Crippen molar-refractivity contribution in [3.05, 3.63) is 40.5 Å². The van der Waals surface area contributed by atoms with E-state index in [2.05, 4.69) is 37.7 Å². The second-order valence-corrected chi connectivity index (χ2v) is 6.00. The summed E-state index contributed by atoms with van der Waals surface area (Å²) in [5.41, 5.74) is 4.51. The molecule has 1 aliphatic heterocycles. The number of piperidine rings is 1.